The van der Waals surface area contributed by atoms with Crippen LogP contribution in [0.25, 0.3) is 0 Å². The molecule has 0 aromatic carbocycles. The SMILES string of the molecule is Cc1cc(N2CCC(c3cnn(C)c3)CC2)ncc1[N+](=O)[O-]. The Morgan fingerprint density at radius 1 is 1.32 bits per heavy atom. The van der Waals surface area contributed by atoms with Crippen LogP contribution >= 0.6 is 0 Å². The zero-order valence-electron chi connectivity index (χ0n) is 12.8. The predicted molar refractivity (Wildman–Crippen MR) is 83.0 cm³/mol. The summed E-state index contributed by atoms with van der Waals surface area (Å²) in [5.74, 6) is 1.36. The second kappa shape index (κ2) is 5.75. The van der Waals surface area contributed by atoms with Gasteiger partial charge in [0.15, 0.2) is 0 Å². The molecule has 7 nitrogen and oxygen atoms in total. The molecule has 7 heteroatoms. The smallest absolute Gasteiger partial charge is 0.290 e. The molecular formula is C15H19N5O2. The van der Waals surface area contributed by atoms with Crippen molar-refractivity contribution < 1.29 is 4.92 Å². The maximum absolute atomic E-state index is 10.9. The van der Waals surface area contributed by atoms with Crippen molar-refractivity contribution in [3.05, 3.63) is 45.9 Å². The molecule has 2 aromatic rings. The molecule has 1 fully saturated rings. The summed E-state index contributed by atoms with van der Waals surface area (Å²) in [4.78, 5) is 16.9. The van der Waals surface area contributed by atoms with E-state index in [1.807, 2.05) is 24.0 Å². The van der Waals surface area contributed by atoms with Gasteiger partial charge in [-0.2, -0.15) is 5.10 Å². The maximum atomic E-state index is 10.9. The second-order valence-corrected chi connectivity index (χ2v) is 5.79. The minimum Gasteiger partial charge on any atom is -0.357 e. The lowest BCUT2D eigenvalue weighted by Crippen LogP contribution is -2.33. The van der Waals surface area contributed by atoms with Gasteiger partial charge in [-0.15, -0.1) is 0 Å². The number of aromatic nitrogens is 3. The van der Waals surface area contributed by atoms with Crippen molar-refractivity contribution in [1.29, 1.82) is 0 Å². The van der Waals surface area contributed by atoms with Gasteiger partial charge in [-0.1, -0.05) is 0 Å². The molecule has 3 rings (SSSR count). The molecule has 0 spiro atoms. The van der Waals surface area contributed by atoms with E-state index >= 15 is 0 Å². The van der Waals surface area contributed by atoms with E-state index in [9.17, 15) is 10.1 Å². The lowest BCUT2D eigenvalue weighted by atomic mass is 9.91. The second-order valence-electron chi connectivity index (χ2n) is 5.79. The van der Waals surface area contributed by atoms with E-state index in [-0.39, 0.29) is 10.6 Å². The van der Waals surface area contributed by atoms with Gasteiger partial charge < -0.3 is 4.90 Å². The number of anilines is 1. The third-order valence-electron chi connectivity index (χ3n) is 4.28. The van der Waals surface area contributed by atoms with E-state index in [0.29, 0.717) is 11.5 Å². The minimum atomic E-state index is -0.388. The average Bonchev–Trinajstić information content (AvgIpc) is 2.93. The molecule has 0 radical (unpaired) electrons. The number of nitro groups is 1. The Labute approximate surface area is 128 Å². The molecule has 3 heterocycles. The fourth-order valence-electron chi connectivity index (χ4n) is 2.99. The van der Waals surface area contributed by atoms with E-state index in [2.05, 4.69) is 21.2 Å². The zero-order valence-corrected chi connectivity index (χ0v) is 12.8. The van der Waals surface area contributed by atoms with Crippen LogP contribution in [0.2, 0.25) is 0 Å². The summed E-state index contributed by atoms with van der Waals surface area (Å²) in [6, 6.07) is 1.81. The highest BCUT2D eigenvalue weighted by molar-refractivity contribution is 5.49. The standard InChI is InChI=1S/C15H19N5O2/c1-11-7-15(16-9-14(11)20(21)22)19-5-3-12(4-6-19)13-8-17-18(2)10-13/h7-10,12H,3-6H2,1-2H3. The number of hydrogen-bond donors (Lipinski definition) is 0. The summed E-state index contributed by atoms with van der Waals surface area (Å²) in [5.41, 5.74) is 2.02. The van der Waals surface area contributed by atoms with Gasteiger partial charge in [0.25, 0.3) is 5.69 Å². The van der Waals surface area contributed by atoms with Crippen molar-refractivity contribution in [2.45, 2.75) is 25.7 Å². The summed E-state index contributed by atoms with van der Waals surface area (Å²) in [6.45, 7) is 3.57. The van der Waals surface area contributed by atoms with Crippen LogP contribution in [0.15, 0.2) is 24.7 Å². The van der Waals surface area contributed by atoms with Gasteiger partial charge in [0, 0.05) is 31.9 Å². The van der Waals surface area contributed by atoms with Crippen LogP contribution in [0, 0.1) is 17.0 Å². The van der Waals surface area contributed by atoms with Gasteiger partial charge in [0.05, 0.1) is 11.1 Å². The lowest BCUT2D eigenvalue weighted by Gasteiger charge is -2.32. The largest absolute Gasteiger partial charge is 0.357 e. The first kappa shape index (κ1) is 14.5. The summed E-state index contributed by atoms with van der Waals surface area (Å²) in [7, 11) is 1.93. The highest BCUT2D eigenvalue weighted by atomic mass is 16.6. The molecule has 0 aliphatic carbocycles. The van der Waals surface area contributed by atoms with Crippen molar-refractivity contribution in [2.75, 3.05) is 18.0 Å². The number of aryl methyl sites for hydroxylation is 2. The van der Waals surface area contributed by atoms with Crippen molar-refractivity contribution in [1.82, 2.24) is 14.8 Å². The molecule has 116 valence electrons. The normalized spacial score (nSPS) is 16.0. The molecule has 0 unspecified atom stereocenters. The Hall–Kier alpha value is -2.44. The highest BCUT2D eigenvalue weighted by Crippen LogP contribution is 2.30. The monoisotopic (exact) mass is 301 g/mol. The number of pyridine rings is 1. The van der Waals surface area contributed by atoms with Crippen LogP contribution in [-0.4, -0.2) is 32.8 Å². The summed E-state index contributed by atoms with van der Waals surface area (Å²) in [6.07, 6.45) is 7.47. The molecular weight excluding hydrogens is 282 g/mol. The third kappa shape index (κ3) is 2.79. The van der Waals surface area contributed by atoms with Gasteiger partial charge >= 0.3 is 0 Å². The number of rotatable bonds is 3. The van der Waals surface area contributed by atoms with Gasteiger partial charge in [0.2, 0.25) is 0 Å². The fourth-order valence-corrected chi connectivity index (χ4v) is 2.99. The quantitative estimate of drug-likeness (QED) is 0.642. The van der Waals surface area contributed by atoms with Crippen LogP contribution in [-0.2, 0) is 7.05 Å². The molecule has 2 aromatic heterocycles. The van der Waals surface area contributed by atoms with Crippen molar-refractivity contribution in [3.63, 3.8) is 0 Å². The van der Waals surface area contributed by atoms with E-state index in [1.165, 1.54) is 11.8 Å². The first-order valence-electron chi connectivity index (χ1n) is 7.39. The van der Waals surface area contributed by atoms with E-state index in [0.717, 1.165) is 31.7 Å². The zero-order chi connectivity index (χ0) is 15.7. The number of hydrogen-bond acceptors (Lipinski definition) is 5. The highest BCUT2D eigenvalue weighted by Gasteiger charge is 2.23. The molecule has 0 saturated carbocycles. The molecule has 0 amide bonds. The number of nitrogens with zero attached hydrogens (tertiary/aromatic N) is 5. The van der Waals surface area contributed by atoms with Crippen molar-refractivity contribution in [2.24, 2.45) is 7.05 Å². The third-order valence-corrected chi connectivity index (χ3v) is 4.28. The Morgan fingerprint density at radius 3 is 2.59 bits per heavy atom. The van der Waals surface area contributed by atoms with Crippen LogP contribution in [0.1, 0.15) is 29.9 Å². The van der Waals surface area contributed by atoms with Crippen molar-refractivity contribution >= 4 is 11.5 Å². The fraction of sp³-hybridized carbons (Fsp3) is 0.467. The Bertz CT molecular complexity index is 689. The van der Waals surface area contributed by atoms with E-state index < -0.39 is 0 Å². The molecule has 1 aliphatic rings. The molecule has 0 N–H and O–H groups in total. The predicted octanol–water partition coefficient (Wildman–Crippen LogP) is 2.42. The van der Waals surface area contributed by atoms with Crippen molar-refractivity contribution in [3.8, 4) is 0 Å². The number of piperidine rings is 1. The van der Waals surface area contributed by atoms with Crippen LogP contribution in [0.3, 0.4) is 0 Å². The lowest BCUT2D eigenvalue weighted by molar-refractivity contribution is -0.385. The summed E-state index contributed by atoms with van der Waals surface area (Å²) < 4.78 is 1.84. The summed E-state index contributed by atoms with van der Waals surface area (Å²) in [5, 5.41) is 15.1. The van der Waals surface area contributed by atoms with E-state index in [4.69, 9.17) is 0 Å². The van der Waals surface area contributed by atoms with Gasteiger partial charge in [-0.3, -0.25) is 14.8 Å². The molecule has 0 atom stereocenters. The average molecular weight is 301 g/mol. The Kier molecular flexibility index (Phi) is 3.79. The Morgan fingerprint density at radius 2 is 2.05 bits per heavy atom. The first-order valence-corrected chi connectivity index (χ1v) is 7.39. The minimum absolute atomic E-state index is 0.0778. The molecule has 1 saturated heterocycles. The van der Waals surface area contributed by atoms with Gasteiger partial charge in [-0.25, -0.2) is 4.98 Å². The molecule has 22 heavy (non-hydrogen) atoms. The van der Waals surface area contributed by atoms with Gasteiger partial charge in [-0.05, 0) is 37.3 Å². The summed E-state index contributed by atoms with van der Waals surface area (Å²) >= 11 is 0. The van der Waals surface area contributed by atoms with Crippen LogP contribution in [0.4, 0.5) is 11.5 Å². The van der Waals surface area contributed by atoms with Gasteiger partial charge in [0.1, 0.15) is 12.0 Å². The first-order chi connectivity index (χ1) is 10.5. The molecule has 0 bridgehead atoms. The Balaban J connectivity index is 1.68. The van der Waals surface area contributed by atoms with Crippen LogP contribution < -0.4 is 4.90 Å². The molecule has 1 aliphatic heterocycles. The maximum Gasteiger partial charge on any atom is 0.290 e. The van der Waals surface area contributed by atoms with Crippen LogP contribution in [0.5, 0.6) is 0 Å². The van der Waals surface area contributed by atoms with E-state index in [1.54, 1.807) is 6.92 Å². The topological polar surface area (TPSA) is 77.1 Å².